The molecule has 0 aliphatic heterocycles. The number of aromatic nitrogens is 1. The van der Waals surface area contributed by atoms with E-state index in [-0.39, 0.29) is 5.88 Å². The van der Waals surface area contributed by atoms with Crippen molar-refractivity contribution in [3.05, 3.63) is 20.9 Å². The van der Waals surface area contributed by atoms with E-state index in [1.807, 2.05) is 0 Å². The van der Waals surface area contributed by atoms with E-state index in [2.05, 4.69) is 4.98 Å². The highest BCUT2D eigenvalue weighted by Gasteiger charge is 2.22. The van der Waals surface area contributed by atoms with Gasteiger partial charge in [-0.1, -0.05) is 0 Å². The van der Waals surface area contributed by atoms with Crippen LogP contribution in [0.3, 0.4) is 0 Å². The van der Waals surface area contributed by atoms with E-state index in [1.165, 1.54) is 7.11 Å². The van der Waals surface area contributed by atoms with E-state index < -0.39 is 23.7 Å². The first kappa shape index (κ1) is 12.1. The lowest BCUT2D eigenvalue weighted by Crippen LogP contribution is -2.08. The standard InChI is InChI=1S/C8H6F2INO3/c1-15-7-4(11)2-3(6(9)10)5(12-7)8(13)14/h2,6H,1H3,(H,13,14). The summed E-state index contributed by atoms with van der Waals surface area (Å²) in [4.78, 5) is 14.2. The van der Waals surface area contributed by atoms with Crippen LogP contribution in [0, 0.1) is 3.57 Å². The Morgan fingerprint density at radius 3 is 2.67 bits per heavy atom. The second kappa shape index (κ2) is 4.69. The summed E-state index contributed by atoms with van der Waals surface area (Å²) in [5.74, 6) is -1.47. The van der Waals surface area contributed by atoms with E-state index in [1.54, 1.807) is 22.6 Å². The fraction of sp³-hybridized carbons (Fsp3) is 0.250. The third-order valence-corrected chi connectivity index (χ3v) is 2.38. The minimum atomic E-state index is -2.87. The number of halogens is 3. The van der Waals surface area contributed by atoms with Gasteiger partial charge in [-0.25, -0.2) is 18.6 Å². The molecule has 7 heteroatoms. The molecule has 82 valence electrons. The average Bonchev–Trinajstić information content (AvgIpc) is 2.16. The number of nitrogens with zero attached hydrogens (tertiary/aromatic N) is 1. The Bertz CT molecular complexity index is 398. The molecular weight excluding hydrogens is 323 g/mol. The molecule has 0 aliphatic rings. The van der Waals surface area contributed by atoms with E-state index >= 15 is 0 Å². The predicted molar refractivity (Wildman–Crippen MR) is 55.4 cm³/mol. The molecule has 1 aromatic heterocycles. The van der Waals surface area contributed by atoms with Gasteiger partial charge in [-0.2, -0.15) is 0 Å². The van der Waals surface area contributed by atoms with Gasteiger partial charge >= 0.3 is 5.97 Å². The Morgan fingerprint density at radius 1 is 1.67 bits per heavy atom. The molecule has 15 heavy (non-hydrogen) atoms. The van der Waals surface area contributed by atoms with Crippen molar-refractivity contribution < 1.29 is 23.4 Å². The molecule has 0 saturated carbocycles. The first-order valence-electron chi connectivity index (χ1n) is 3.73. The second-order valence-electron chi connectivity index (χ2n) is 2.52. The average molecular weight is 329 g/mol. The lowest BCUT2D eigenvalue weighted by molar-refractivity contribution is 0.0675. The molecule has 0 atom stereocenters. The van der Waals surface area contributed by atoms with Gasteiger partial charge in [0.05, 0.1) is 16.2 Å². The molecule has 1 N–H and O–H groups in total. The van der Waals surface area contributed by atoms with Crippen LogP contribution in [-0.4, -0.2) is 23.2 Å². The molecule has 0 radical (unpaired) electrons. The largest absolute Gasteiger partial charge is 0.480 e. The Kier molecular flexibility index (Phi) is 3.77. The third kappa shape index (κ3) is 2.52. The summed E-state index contributed by atoms with van der Waals surface area (Å²) in [5, 5.41) is 8.67. The number of aromatic carboxylic acids is 1. The Hall–Kier alpha value is -0.990. The lowest BCUT2D eigenvalue weighted by Gasteiger charge is -2.08. The molecule has 1 rings (SSSR count). The summed E-state index contributed by atoms with van der Waals surface area (Å²) in [6, 6.07) is 1.06. The number of methoxy groups -OCH3 is 1. The zero-order valence-corrected chi connectivity index (χ0v) is 9.66. The smallest absolute Gasteiger partial charge is 0.355 e. The summed E-state index contributed by atoms with van der Waals surface area (Å²) in [7, 11) is 1.29. The van der Waals surface area contributed by atoms with Crippen molar-refractivity contribution in [2.75, 3.05) is 7.11 Å². The zero-order chi connectivity index (χ0) is 11.6. The van der Waals surface area contributed by atoms with Gasteiger partial charge in [0.2, 0.25) is 5.88 Å². The first-order valence-corrected chi connectivity index (χ1v) is 4.81. The Morgan fingerprint density at radius 2 is 2.27 bits per heavy atom. The number of carboxylic acid groups (broad SMARTS) is 1. The highest BCUT2D eigenvalue weighted by molar-refractivity contribution is 14.1. The van der Waals surface area contributed by atoms with Crippen LogP contribution >= 0.6 is 22.6 Å². The summed E-state index contributed by atoms with van der Waals surface area (Å²) in [6.45, 7) is 0. The van der Waals surface area contributed by atoms with Gasteiger partial charge in [0.15, 0.2) is 5.69 Å². The maximum absolute atomic E-state index is 12.5. The Balaban J connectivity index is 3.39. The fourth-order valence-corrected chi connectivity index (χ4v) is 1.64. The van der Waals surface area contributed by atoms with E-state index in [0.29, 0.717) is 3.57 Å². The van der Waals surface area contributed by atoms with Gasteiger partial charge in [0.1, 0.15) is 0 Å². The van der Waals surface area contributed by atoms with Crippen molar-refractivity contribution in [1.82, 2.24) is 4.98 Å². The fourth-order valence-electron chi connectivity index (χ4n) is 0.967. The van der Waals surface area contributed by atoms with E-state index in [0.717, 1.165) is 6.07 Å². The van der Waals surface area contributed by atoms with Gasteiger partial charge < -0.3 is 9.84 Å². The molecule has 0 bridgehead atoms. The number of carbonyl (C=O) groups is 1. The zero-order valence-electron chi connectivity index (χ0n) is 7.50. The molecule has 1 heterocycles. The van der Waals surface area contributed by atoms with Gasteiger partial charge in [-0.15, -0.1) is 0 Å². The highest BCUT2D eigenvalue weighted by atomic mass is 127. The van der Waals surface area contributed by atoms with Gasteiger partial charge in [0.25, 0.3) is 6.43 Å². The first-order chi connectivity index (χ1) is 6.97. The normalized spacial score (nSPS) is 10.5. The molecule has 0 aliphatic carbocycles. The number of hydrogen-bond acceptors (Lipinski definition) is 3. The van der Waals surface area contributed by atoms with Crippen molar-refractivity contribution in [2.45, 2.75) is 6.43 Å². The number of alkyl halides is 2. The van der Waals surface area contributed by atoms with Crippen molar-refractivity contribution in [3.63, 3.8) is 0 Å². The number of carboxylic acids is 1. The maximum Gasteiger partial charge on any atom is 0.355 e. The van der Waals surface area contributed by atoms with Gasteiger partial charge in [0, 0.05) is 0 Å². The molecular formula is C8H6F2INO3. The van der Waals surface area contributed by atoms with E-state index in [4.69, 9.17) is 9.84 Å². The summed E-state index contributed by atoms with van der Waals surface area (Å²) < 4.78 is 30.0. The number of ether oxygens (including phenoxy) is 1. The summed E-state index contributed by atoms with van der Waals surface area (Å²) >= 11 is 1.75. The van der Waals surface area contributed by atoms with Gasteiger partial charge in [-0.05, 0) is 28.7 Å². The van der Waals surface area contributed by atoms with Crippen molar-refractivity contribution in [2.24, 2.45) is 0 Å². The molecule has 0 amide bonds. The van der Waals surface area contributed by atoms with Crippen LogP contribution in [0.25, 0.3) is 0 Å². The van der Waals surface area contributed by atoms with Crippen molar-refractivity contribution in [1.29, 1.82) is 0 Å². The van der Waals surface area contributed by atoms with Crippen LogP contribution in [0.15, 0.2) is 6.07 Å². The number of pyridine rings is 1. The topological polar surface area (TPSA) is 59.4 Å². The van der Waals surface area contributed by atoms with Crippen molar-refractivity contribution >= 4 is 28.6 Å². The Labute approximate surface area is 97.4 Å². The monoisotopic (exact) mass is 329 g/mol. The minimum absolute atomic E-state index is 0.0254. The molecule has 0 unspecified atom stereocenters. The van der Waals surface area contributed by atoms with Crippen molar-refractivity contribution in [3.8, 4) is 5.88 Å². The van der Waals surface area contributed by atoms with E-state index in [9.17, 15) is 13.6 Å². The molecule has 0 aromatic carbocycles. The highest BCUT2D eigenvalue weighted by Crippen LogP contribution is 2.28. The molecule has 0 spiro atoms. The SMILES string of the molecule is COc1nc(C(=O)O)c(C(F)F)cc1I. The number of hydrogen-bond donors (Lipinski definition) is 1. The molecule has 0 fully saturated rings. The van der Waals surface area contributed by atoms with Crippen LogP contribution in [0.5, 0.6) is 5.88 Å². The van der Waals surface area contributed by atoms with Crippen LogP contribution < -0.4 is 4.74 Å². The second-order valence-corrected chi connectivity index (χ2v) is 3.69. The molecule has 4 nitrogen and oxygen atoms in total. The van der Waals surface area contributed by atoms with Crippen LogP contribution in [0.4, 0.5) is 8.78 Å². The van der Waals surface area contributed by atoms with Crippen LogP contribution in [0.1, 0.15) is 22.5 Å². The number of rotatable bonds is 3. The maximum atomic E-state index is 12.5. The summed E-state index contributed by atoms with van der Waals surface area (Å²) in [5.41, 5.74) is -1.28. The minimum Gasteiger partial charge on any atom is -0.480 e. The lowest BCUT2D eigenvalue weighted by atomic mass is 10.2. The summed E-state index contributed by atoms with van der Waals surface area (Å²) in [6.07, 6.45) is -2.87. The quantitative estimate of drug-likeness (QED) is 0.865. The molecule has 1 aromatic rings. The van der Waals surface area contributed by atoms with Crippen LogP contribution in [-0.2, 0) is 0 Å². The third-order valence-electron chi connectivity index (χ3n) is 1.60. The molecule has 0 saturated heterocycles. The van der Waals surface area contributed by atoms with Gasteiger partial charge in [-0.3, -0.25) is 0 Å². The van der Waals surface area contributed by atoms with Crippen LogP contribution in [0.2, 0.25) is 0 Å². The predicted octanol–water partition coefficient (Wildman–Crippen LogP) is 2.33.